The molecule has 0 radical (unpaired) electrons. The van der Waals surface area contributed by atoms with Gasteiger partial charge < -0.3 is 10.1 Å². The molecule has 0 saturated heterocycles. The minimum atomic E-state index is -5.79. The van der Waals surface area contributed by atoms with Crippen LogP contribution in [-0.2, 0) is 16.4 Å². The van der Waals surface area contributed by atoms with Crippen molar-refractivity contribution in [1.82, 2.24) is 14.8 Å². The number of pyridine rings is 1. The van der Waals surface area contributed by atoms with Gasteiger partial charge in [0.25, 0.3) is 15.7 Å². The van der Waals surface area contributed by atoms with Gasteiger partial charge in [0.2, 0.25) is 0 Å². The van der Waals surface area contributed by atoms with Crippen molar-refractivity contribution in [3.63, 3.8) is 0 Å². The summed E-state index contributed by atoms with van der Waals surface area (Å²) in [5, 5.41) is 5.03. The maximum Gasteiger partial charge on any atom is 0.503 e. The monoisotopic (exact) mass is 440 g/mol. The van der Waals surface area contributed by atoms with Gasteiger partial charge >= 0.3 is 5.51 Å². The number of rotatable bonds is 7. The van der Waals surface area contributed by atoms with Crippen molar-refractivity contribution in [3.8, 4) is 5.75 Å². The molecule has 0 aliphatic carbocycles. The molecule has 1 amide bonds. The Bertz CT molecular complexity index is 1130. The number of nitrogens with one attached hydrogen (secondary N) is 1. The van der Waals surface area contributed by atoms with Crippen molar-refractivity contribution >= 4 is 21.4 Å². The minimum absolute atomic E-state index is 0.204. The van der Waals surface area contributed by atoms with Gasteiger partial charge in [-0.25, -0.2) is 13.4 Å². The molecule has 8 nitrogen and oxygen atoms in total. The zero-order chi connectivity index (χ0) is 21.8. The highest BCUT2D eigenvalue weighted by Crippen LogP contribution is 2.31. The molecule has 0 atom stereocenters. The molecule has 3 rings (SSSR count). The van der Waals surface area contributed by atoms with Crippen molar-refractivity contribution in [3.05, 3.63) is 66.6 Å². The fraction of sp³-hybridized carbons (Fsp3) is 0.167. The van der Waals surface area contributed by atoms with Gasteiger partial charge in [-0.15, -0.1) is 0 Å². The van der Waals surface area contributed by atoms with Crippen LogP contribution in [0.15, 0.2) is 66.1 Å². The number of aromatic nitrogens is 3. The summed E-state index contributed by atoms with van der Waals surface area (Å²) in [6.07, 6.45) is 4.26. The highest BCUT2D eigenvalue weighted by Gasteiger charge is 2.49. The summed E-state index contributed by atoms with van der Waals surface area (Å²) in [7, 11) is -5.79. The number of halogens is 3. The average molecular weight is 440 g/mol. The van der Waals surface area contributed by atoms with Crippen LogP contribution in [0.25, 0.3) is 0 Å². The number of carbonyl (C=O) groups is 1. The number of benzene rings is 1. The van der Waals surface area contributed by atoms with E-state index in [-0.39, 0.29) is 12.3 Å². The molecule has 0 aliphatic heterocycles. The number of nitrogens with zero attached hydrogens (tertiary/aromatic N) is 3. The molecule has 0 saturated carbocycles. The molecule has 0 unspecified atom stereocenters. The van der Waals surface area contributed by atoms with E-state index in [2.05, 4.69) is 15.4 Å². The molecule has 158 valence electrons. The lowest BCUT2D eigenvalue weighted by atomic mass is 10.2. The molecule has 0 fully saturated rings. The van der Waals surface area contributed by atoms with Crippen molar-refractivity contribution in [2.75, 3.05) is 11.9 Å². The molecule has 3 aromatic rings. The van der Waals surface area contributed by atoms with E-state index in [9.17, 15) is 26.4 Å². The van der Waals surface area contributed by atoms with E-state index in [1.54, 1.807) is 35.3 Å². The first-order valence-electron chi connectivity index (χ1n) is 8.46. The number of anilines is 1. The van der Waals surface area contributed by atoms with Gasteiger partial charge in [0, 0.05) is 30.3 Å². The van der Waals surface area contributed by atoms with Gasteiger partial charge in [0.05, 0.1) is 12.1 Å². The second-order valence-electron chi connectivity index (χ2n) is 5.90. The SMILES string of the molecule is O=C(Nc1cccc(OCCn2cccn2)c1)c1cccnc1S(=O)(=O)C(F)(F)F. The molecule has 12 heteroatoms. The zero-order valence-electron chi connectivity index (χ0n) is 15.2. The van der Waals surface area contributed by atoms with Crippen LogP contribution < -0.4 is 10.1 Å². The number of alkyl halides is 3. The smallest absolute Gasteiger partial charge is 0.492 e. The highest BCUT2D eigenvalue weighted by molar-refractivity contribution is 7.92. The lowest BCUT2D eigenvalue weighted by molar-refractivity contribution is -0.0438. The Balaban J connectivity index is 1.74. The first-order chi connectivity index (χ1) is 14.2. The lowest BCUT2D eigenvalue weighted by Crippen LogP contribution is -2.27. The highest BCUT2D eigenvalue weighted by atomic mass is 32.2. The summed E-state index contributed by atoms with van der Waals surface area (Å²) in [4.78, 5) is 15.7. The predicted octanol–water partition coefficient (Wildman–Crippen LogP) is 2.90. The van der Waals surface area contributed by atoms with Crippen LogP contribution in [0.5, 0.6) is 5.75 Å². The van der Waals surface area contributed by atoms with Gasteiger partial charge in [-0.05, 0) is 30.3 Å². The van der Waals surface area contributed by atoms with Crippen LogP contribution in [0.2, 0.25) is 0 Å². The van der Waals surface area contributed by atoms with Crippen molar-refractivity contribution in [2.24, 2.45) is 0 Å². The third-order valence-corrected chi connectivity index (χ3v) is 5.26. The van der Waals surface area contributed by atoms with Gasteiger partial charge in [-0.2, -0.15) is 18.3 Å². The normalized spacial score (nSPS) is 11.8. The van der Waals surface area contributed by atoms with E-state index in [4.69, 9.17) is 4.74 Å². The van der Waals surface area contributed by atoms with E-state index in [0.29, 0.717) is 12.3 Å². The van der Waals surface area contributed by atoms with Crippen molar-refractivity contribution < 1.29 is 31.1 Å². The second kappa shape index (κ2) is 8.53. The Morgan fingerprint density at radius 1 is 1.13 bits per heavy atom. The van der Waals surface area contributed by atoms with E-state index in [1.165, 1.54) is 18.2 Å². The van der Waals surface area contributed by atoms with Crippen LogP contribution >= 0.6 is 0 Å². The largest absolute Gasteiger partial charge is 0.503 e. The third kappa shape index (κ3) is 4.76. The van der Waals surface area contributed by atoms with Crippen LogP contribution in [0, 0.1) is 0 Å². The molecule has 0 aliphatic rings. The summed E-state index contributed by atoms with van der Waals surface area (Å²) in [5.41, 5.74) is -6.10. The number of amides is 1. The number of carbonyl (C=O) groups excluding carboxylic acids is 1. The van der Waals surface area contributed by atoms with Gasteiger partial charge in [-0.3, -0.25) is 9.48 Å². The summed E-state index contributed by atoms with van der Waals surface area (Å²) in [6, 6.07) is 10.0. The molecule has 2 aromatic heterocycles. The number of ether oxygens (including phenoxy) is 1. The van der Waals surface area contributed by atoms with Crippen molar-refractivity contribution in [2.45, 2.75) is 17.1 Å². The van der Waals surface area contributed by atoms with Gasteiger partial charge in [0.15, 0.2) is 5.03 Å². The van der Waals surface area contributed by atoms with Crippen LogP contribution in [-0.4, -0.2) is 41.2 Å². The van der Waals surface area contributed by atoms with E-state index in [1.807, 2.05) is 0 Å². The average Bonchev–Trinajstić information content (AvgIpc) is 3.21. The standard InChI is InChI=1S/C18H15F3N4O4S/c19-18(20,21)30(27,28)17-15(6-2-7-22-17)16(26)24-13-4-1-5-14(12-13)29-11-10-25-9-3-8-23-25/h1-9,12H,10-11H2,(H,24,26). The van der Waals surface area contributed by atoms with Crippen molar-refractivity contribution in [1.29, 1.82) is 0 Å². The zero-order valence-corrected chi connectivity index (χ0v) is 16.0. The fourth-order valence-electron chi connectivity index (χ4n) is 2.44. The molecular formula is C18H15F3N4O4S. The first-order valence-corrected chi connectivity index (χ1v) is 9.95. The molecule has 0 bridgehead atoms. The van der Waals surface area contributed by atoms with Crippen LogP contribution in [0.1, 0.15) is 10.4 Å². The van der Waals surface area contributed by atoms with Gasteiger partial charge in [-0.1, -0.05) is 6.07 Å². The first kappa shape index (κ1) is 21.3. The Morgan fingerprint density at radius 3 is 2.63 bits per heavy atom. The number of sulfone groups is 1. The molecule has 1 aromatic carbocycles. The van der Waals surface area contributed by atoms with Crippen LogP contribution in [0.4, 0.5) is 18.9 Å². The molecule has 0 spiro atoms. The summed E-state index contributed by atoms with van der Waals surface area (Å²) >= 11 is 0. The summed E-state index contributed by atoms with van der Waals surface area (Å²) < 4.78 is 69.3. The molecular weight excluding hydrogens is 425 g/mol. The fourth-order valence-corrected chi connectivity index (χ4v) is 3.31. The summed E-state index contributed by atoms with van der Waals surface area (Å²) in [5.74, 6) is -0.658. The topological polar surface area (TPSA) is 103 Å². The lowest BCUT2D eigenvalue weighted by Gasteiger charge is -2.12. The maximum absolute atomic E-state index is 12.9. The second-order valence-corrected chi connectivity index (χ2v) is 7.76. The predicted molar refractivity (Wildman–Crippen MR) is 99.6 cm³/mol. The molecule has 1 N–H and O–H groups in total. The van der Waals surface area contributed by atoms with Gasteiger partial charge in [0.1, 0.15) is 12.4 Å². The van der Waals surface area contributed by atoms with Crippen LogP contribution in [0.3, 0.4) is 0 Å². The number of hydrogen-bond acceptors (Lipinski definition) is 6. The Kier molecular flexibility index (Phi) is 6.06. The maximum atomic E-state index is 12.9. The Hall–Kier alpha value is -3.41. The van der Waals surface area contributed by atoms with E-state index < -0.39 is 31.8 Å². The van der Waals surface area contributed by atoms with E-state index >= 15 is 0 Å². The Morgan fingerprint density at radius 2 is 1.93 bits per heavy atom. The Labute approximate surface area is 169 Å². The summed E-state index contributed by atoms with van der Waals surface area (Å²) in [6.45, 7) is 0.771. The third-order valence-electron chi connectivity index (χ3n) is 3.82. The molecule has 2 heterocycles. The number of hydrogen-bond donors (Lipinski definition) is 1. The molecule has 30 heavy (non-hydrogen) atoms. The van der Waals surface area contributed by atoms with E-state index in [0.717, 1.165) is 12.3 Å². The quantitative estimate of drug-likeness (QED) is 0.606. The minimum Gasteiger partial charge on any atom is -0.492 e.